The molecule has 0 radical (unpaired) electrons. The molecule has 4 saturated carbocycles. The molecule has 4 saturated heterocycles. The molecule has 13 nitrogen and oxygen atoms in total. The van der Waals surface area contributed by atoms with Crippen LogP contribution in [0.15, 0.2) is 0 Å². The molecule has 298 valence electrons. The quantitative estimate of drug-likeness (QED) is 0.194. The molecule has 52 heavy (non-hydrogen) atoms. The molecule has 22 atom stereocenters. The summed E-state index contributed by atoms with van der Waals surface area (Å²) in [4.78, 5) is 0. The molecule has 0 aromatic heterocycles. The molecule has 22 unspecified atom stereocenters. The number of ether oxygens (including phenoxy) is 6. The van der Waals surface area contributed by atoms with Crippen LogP contribution in [0.1, 0.15) is 91.9 Å². The van der Waals surface area contributed by atoms with E-state index in [1.165, 1.54) is 25.7 Å². The van der Waals surface area contributed by atoms with Crippen LogP contribution < -0.4 is 0 Å². The standard InChI is InChI=1S/C39H64O13/c1-18-7-12-39(48-16-18)19(2)28-25(52-39)14-24-22-6-5-20-13-21(8-10-37(20,3)23(22)9-11-38(24,28)4)49-36-34(46)32(44)30(42)27(51-36)17-47-35-33(45)31(43)29(41)26(15-40)50-35/h18-36,40-46H,5-17H2,1-4H3. The smallest absolute Gasteiger partial charge is 0.186 e. The van der Waals surface area contributed by atoms with Crippen molar-refractivity contribution in [3.05, 3.63) is 0 Å². The Labute approximate surface area is 307 Å². The highest BCUT2D eigenvalue weighted by molar-refractivity contribution is 5.15. The zero-order valence-corrected chi connectivity index (χ0v) is 31.2. The third-order valence-corrected chi connectivity index (χ3v) is 16.2. The maximum absolute atomic E-state index is 10.9. The molecule has 0 bridgehead atoms. The van der Waals surface area contributed by atoms with E-state index in [1.54, 1.807) is 0 Å². The lowest BCUT2D eigenvalue weighted by Crippen LogP contribution is -2.62. The Hall–Kier alpha value is -0.520. The summed E-state index contributed by atoms with van der Waals surface area (Å²) in [5.41, 5.74) is 0.468. The van der Waals surface area contributed by atoms with E-state index >= 15 is 0 Å². The van der Waals surface area contributed by atoms with Gasteiger partial charge in [-0.15, -0.1) is 0 Å². The van der Waals surface area contributed by atoms with Gasteiger partial charge in [-0.2, -0.15) is 0 Å². The lowest BCUT2D eigenvalue weighted by atomic mass is 9.44. The van der Waals surface area contributed by atoms with Crippen LogP contribution in [0.25, 0.3) is 0 Å². The minimum absolute atomic E-state index is 0.188. The monoisotopic (exact) mass is 740 g/mol. The summed E-state index contributed by atoms with van der Waals surface area (Å²) in [7, 11) is 0. The van der Waals surface area contributed by atoms with Gasteiger partial charge in [0, 0.05) is 12.3 Å². The highest BCUT2D eigenvalue weighted by atomic mass is 16.7. The van der Waals surface area contributed by atoms with Crippen molar-refractivity contribution < 1.29 is 64.2 Å². The molecule has 8 aliphatic rings. The van der Waals surface area contributed by atoms with Crippen LogP contribution in [0, 0.1) is 52.3 Å². The van der Waals surface area contributed by atoms with Gasteiger partial charge in [0.05, 0.1) is 32.0 Å². The van der Waals surface area contributed by atoms with Gasteiger partial charge >= 0.3 is 0 Å². The molecular weight excluding hydrogens is 676 g/mol. The van der Waals surface area contributed by atoms with E-state index in [0.29, 0.717) is 41.4 Å². The van der Waals surface area contributed by atoms with E-state index in [0.717, 1.165) is 45.1 Å². The van der Waals surface area contributed by atoms with Crippen molar-refractivity contribution >= 4 is 0 Å². The predicted octanol–water partition coefficient (Wildman–Crippen LogP) is 1.44. The topological polar surface area (TPSA) is 197 Å². The number of hydrogen-bond donors (Lipinski definition) is 7. The van der Waals surface area contributed by atoms with Gasteiger partial charge in [0.1, 0.15) is 48.8 Å². The molecule has 4 aliphatic heterocycles. The fourth-order valence-electron chi connectivity index (χ4n) is 13.1. The van der Waals surface area contributed by atoms with Gasteiger partial charge < -0.3 is 64.2 Å². The zero-order valence-electron chi connectivity index (χ0n) is 31.2. The first kappa shape index (κ1) is 38.4. The van der Waals surface area contributed by atoms with Gasteiger partial charge in [-0.05, 0) is 104 Å². The summed E-state index contributed by atoms with van der Waals surface area (Å²) >= 11 is 0. The van der Waals surface area contributed by atoms with Crippen molar-refractivity contribution in [3.63, 3.8) is 0 Å². The number of aliphatic hydroxyl groups excluding tert-OH is 7. The minimum atomic E-state index is -1.62. The first-order valence-electron chi connectivity index (χ1n) is 20.3. The van der Waals surface area contributed by atoms with Crippen molar-refractivity contribution in [2.75, 3.05) is 19.8 Å². The van der Waals surface area contributed by atoms with E-state index in [9.17, 15) is 35.7 Å². The maximum atomic E-state index is 10.9. The highest BCUT2D eigenvalue weighted by Gasteiger charge is 2.69. The molecule has 1 spiro atoms. The number of fused-ring (bicyclic) bond motifs is 7. The Kier molecular flexibility index (Phi) is 10.4. The van der Waals surface area contributed by atoms with E-state index < -0.39 is 73.8 Å². The Morgan fingerprint density at radius 1 is 0.692 bits per heavy atom. The molecule has 7 N–H and O–H groups in total. The molecule has 4 aliphatic carbocycles. The van der Waals surface area contributed by atoms with Crippen molar-refractivity contribution in [1.82, 2.24) is 0 Å². The van der Waals surface area contributed by atoms with Crippen LogP contribution in [0.4, 0.5) is 0 Å². The third kappa shape index (κ3) is 6.06. The zero-order chi connectivity index (χ0) is 36.9. The third-order valence-electron chi connectivity index (χ3n) is 16.2. The van der Waals surface area contributed by atoms with Gasteiger partial charge in [-0.1, -0.05) is 27.7 Å². The first-order valence-corrected chi connectivity index (χ1v) is 20.3. The van der Waals surface area contributed by atoms with Gasteiger partial charge in [-0.3, -0.25) is 0 Å². The fraction of sp³-hybridized carbons (Fsp3) is 1.00. The maximum Gasteiger partial charge on any atom is 0.186 e. The average molecular weight is 741 g/mol. The summed E-state index contributed by atoms with van der Waals surface area (Å²) in [6, 6.07) is 0. The van der Waals surface area contributed by atoms with E-state index in [1.807, 2.05) is 0 Å². The van der Waals surface area contributed by atoms with Crippen LogP contribution in [0.3, 0.4) is 0 Å². The fourth-order valence-corrected chi connectivity index (χ4v) is 13.1. The van der Waals surface area contributed by atoms with Gasteiger partial charge in [0.25, 0.3) is 0 Å². The van der Waals surface area contributed by atoms with Gasteiger partial charge in [0.2, 0.25) is 0 Å². The largest absolute Gasteiger partial charge is 0.394 e. The lowest BCUT2D eigenvalue weighted by Gasteiger charge is -2.61. The molecule has 13 heteroatoms. The van der Waals surface area contributed by atoms with Gasteiger partial charge in [-0.25, -0.2) is 0 Å². The van der Waals surface area contributed by atoms with Crippen molar-refractivity contribution in [3.8, 4) is 0 Å². The van der Waals surface area contributed by atoms with Crippen LogP contribution >= 0.6 is 0 Å². The minimum Gasteiger partial charge on any atom is -0.394 e. The Morgan fingerprint density at radius 3 is 2.10 bits per heavy atom. The van der Waals surface area contributed by atoms with E-state index in [-0.39, 0.29) is 29.6 Å². The Balaban J connectivity index is 0.886. The summed E-state index contributed by atoms with van der Waals surface area (Å²) < 4.78 is 36.9. The van der Waals surface area contributed by atoms with Crippen LogP contribution in [0.5, 0.6) is 0 Å². The molecule has 4 heterocycles. The normalized spacial score (nSPS) is 59.0. The molecule has 0 aromatic carbocycles. The number of aliphatic hydroxyl groups is 7. The van der Waals surface area contributed by atoms with Gasteiger partial charge in [0.15, 0.2) is 18.4 Å². The lowest BCUT2D eigenvalue weighted by molar-refractivity contribution is -0.338. The first-order chi connectivity index (χ1) is 24.7. The predicted molar refractivity (Wildman–Crippen MR) is 183 cm³/mol. The van der Waals surface area contributed by atoms with E-state index in [4.69, 9.17) is 28.4 Å². The molecular formula is C39H64O13. The van der Waals surface area contributed by atoms with Crippen molar-refractivity contribution in [2.45, 2.75) is 171 Å². The van der Waals surface area contributed by atoms with E-state index in [2.05, 4.69) is 27.7 Å². The summed E-state index contributed by atoms with van der Waals surface area (Å²) in [6.07, 6.45) is -3.38. The second kappa shape index (κ2) is 14.1. The second-order valence-corrected chi connectivity index (χ2v) is 18.8. The average Bonchev–Trinajstić information content (AvgIpc) is 3.58. The Morgan fingerprint density at radius 2 is 1.38 bits per heavy atom. The summed E-state index contributed by atoms with van der Waals surface area (Å²) in [6.45, 7) is 9.58. The summed E-state index contributed by atoms with van der Waals surface area (Å²) in [5.74, 6) is 3.63. The number of hydrogen-bond acceptors (Lipinski definition) is 13. The SMILES string of the molecule is CC1CCC2(OC1)OC1CC3C4CCC5CC(OC6OC(COC7OC(CO)C(O)C(O)C7O)C(O)C(O)C6O)CCC5(C)C4CCC3(C)C1C2C. The van der Waals surface area contributed by atoms with Crippen molar-refractivity contribution in [2.24, 2.45) is 52.3 Å². The second-order valence-electron chi connectivity index (χ2n) is 18.8. The molecule has 8 rings (SSSR count). The highest BCUT2D eigenvalue weighted by Crippen LogP contribution is 2.71. The van der Waals surface area contributed by atoms with Crippen LogP contribution in [0.2, 0.25) is 0 Å². The molecule has 0 aromatic rings. The number of rotatable bonds is 6. The van der Waals surface area contributed by atoms with Crippen LogP contribution in [-0.2, 0) is 28.4 Å². The molecule has 8 fully saturated rings. The Bertz CT molecular complexity index is 1260. The summed E-state index contributed by atoms with van der Waals surface area (Å²) in [5, 5.41) is 72.4. The molecule has 0 amide bonds. The van der Waals surface area contributed by atoms with Crippen LogP contribution in [-0.4, -0.2) is 135 Å². The van der Waals surface area contributed by atoms with Crippen molar-refractivity contribution in [1.29, 1.82) is 0 Å².